The Balaban J connectivity index is 2.59. The van der Waals surface area contributed by atoms with Crippen molar-refractivity contribution in [3.05, 3.63) is 11.1 Å². The number of aryl methyl sites for hydroxylation is 1. The number of carbonyl (C=O) groups is 1. The normalized spacial score (nSPS) is 11.5. The third kappa shape index (κ3) is 4.34. The first-order valence-corrected chi connectivity index (χ1v) is 6.81. The predicted octanol–water partition coefficient (Wildman–Crippen LogP) is 3.15. The third-order valence-electron chi connectivity index (χ3n) is 3.12. The minimum Gasteiger partial charge on any atom is -0.481 e. The lowest BCUT2D eigenvalue weighted by Crippen LogP contribution is -2.32. The van der Waals surface area contributed by atoms with Crippen LogP contribution < -0.4 is 5.32 Å². The van der Waals surface area contributed by atoms with E-state index >= 15 is 0 Å². The van der Waals surface area contributed by atoms with Crippen LogP contribution in [0.1, 0.15) is 45.7 Å². The fourth-order valence-electron chi connectivity index (χ4n) is 1.40. The number of carboxylic acid groups (broad SMARTS) is 1. The molecule has 0 aromatic carbocycles. The summed E-state index contributed by atoms with van der Waals surface area (Å²) in [7, 11) is 0. The van der Waals surface area contributed by atoms with E-state index in [1.165, 1.54) is 0 Å². The van der Waals surface area contributed by atoms with Gasteiger partial charge in [0.25, 0.3) is 0 Å². The van der Waals surface area contributed by atoms with Crippen molar-refractivity contribution in [1.82, 2.24) is 4.98 Å². The van der Waals surface area contributed by atoms with Crippen molar-refractivity contribution >= 4 is 22.4 Å². The number of hydrogen-bond donors (Lipinski definition) is 2. The number of aromatic nitrogens is 1. The molecule has 0 aliphatic heterocycles. The topological polar surface area (TPSA) is 62.2 Å². The van der Waals surface area contributed by atoms with Gasteiger partial charge in [-0.3, -0.25) is 4.79 Å². The number of thiazole rings is 1. The van der Waals surface area contributed by atoms with Gasteiger partial charge >= 0.3 is 5.97 Å². The van der Waals surface area contributed by atoms with Crippen molar-refractivity contribution in [2.75, 3.05) is 5.32 Å². The molecule has 0 spiro atoms. The van der Waals surface area contributed by atoms with Gasteiger partial charge < -0.3 is 10.4 Å². The van der Waals surface area contributed by atoms with Crippen LogP contribution in [0.2, 0.25) is 0 Å². The minimum atomic E-state index is -0.778. The summed E-state index contributed by atoms with van der Waals surface area (Å²) < 4.78 is 0. The van der Waals surface area contributed by atoms with Crippen molar-refractivity contribution in [1.29, 1.82) is 0 Å². The third-order valence-corrected chi connectivity index (χ3v) is 3.92. The van der Waals surface area contributed by atoms with E-state index in [1.54, 1.807) is 11.3 Å². The average Bonchev–Trinajstić information content (AvgIpc) is 2.74. The zero-order valence-electron chi connectivity index (χ0n) is 10.6. The van der Waals surface area contributed by atoms with Gasteiger partial charge in [0, 0.05) is 17.3 Å². The summed E-state index contributed by atoms with van der Waals surface area (Å²) in [6, 6.07) is 0. The van der Waals surface area contributed by atoms with Gasteiger partial charge in [-0.25, -0.2) is 4.98 Å². The number of hydrogen-bond acceptors (Lipinski definition) is 4. The van der Waals surface area contributed by atoms with Gasteiger partial charge in [0.1, 0.15) is 0 Å². The highest BCUT2D eigenvalue weighted by Crippen LogP contribution is 2.24. The molecule has 96 valence electrons. The SMILES string of the molecule is CCC(C)(CC)Nc1nc(CCC(=O)O)cs1. The van der Waals surface area contributed by atoms with Gasteiger partial charge in [-0.1, -0.05) is 13.8 Å². The maximum atomic E-state index is 10.5. The lowest BCUT2D eigenvalue weighted by Gasteiger charge is -2.27. The van der Waals surface area contributed by atoms with Crippen LogP contribution in [0.3, 0.4) is 0 Å². The second kappa shape index (κ2) is 6.00. The average molecular weight is 256 g/mol. The van der Waals surface area contributed by atoms with Gasteiger partial charge in [0.2, 0.25) is 0 Å². The van der Waals surface area contributed by atoms with Crippen LogP contribution in [-0.2, 0) is 11.2 Å². The van der Waals surface area contributed by atoms with Crippen LogP contribution in [0.5, 0.6) is 0 Å². The highest BCUT2D eigenvalue weighted by Gasteiger charge is 2.20. The Kier molecular flexibility index (Phi) is 4.93. The first-order valence-electron chi connectivity index (χ1n) is 5.93. The van der Waals surface area contributed by atoms with E-state index in [9.17, 15) is 4.79 Å². The molecule has 0 atom stereocenters. The number of nitrogens with one attached hydrogen (secondary N) is 1. The van der Waals surface area contributed by atoms with Crippen molar-refractivity contribution in [3.63, 3.8) is 0 Å². The molecular formula is C12H20N2O2S. The van der Waals surface area contributed by atoms with Gasteiger partial charge in [-0.05, 0) is 19.8 Å². The summed E-state index contributed by atoms with van der Waals surface area (Å²) in [4.78, 5) is 14.9. The number of rotatable bonds is 7. The Morgan fingerprint density at radius 2 is 2.18 bits per heavy atom. The van der Waals surface area contributed by atoms with Gasteiger partial charge in [-0.15, -0.1) is 11.3 Å². The Morgan fingerprint density at radius 3 is 2.71 bits per heavy atom. The maximum absolute atomic E-state index is 10.5. The second-order valence-electron chi connectivity index (χ2n) is 4.43. The van der Waals surface area contributed by atoms with Gasteiger partial charge in [0.05, 0.1) is 12.1 Å². The molecule has 0 saturated heterocycles. The molecule has 0 aliphatic carbocycles. The maximum Gasteiger partial charge on any atom is 0.303 e. The molecule has 1 aromatic heterocycles. The molecule has 2 N–H and O–H groups in total. The van der Waals surface area contributed by atoms with Crippen LogP contribution >= 0.6 is 11.3 Å². The van der Waals surface area contributed by atoms with E-state index in [0.29, 0.717) is 6.42 Å². The van der Waals surface area contributed by atoms with Crippen LogP contribution in [0.4, 0.5) is 5.13 Å². The van der Waals surface area contributed by atoms with Crippen molar-refractivity contribution in [2.45, 2.75) is 52.0 Å². The van der Waals surface area contributed by atoms with Gasteiger partial charge in [-0.2, -0.15) is 0 Å². The van der Waals surface area contributed by atoms with Crippen LogP contribution in [0.25, 0.3) is 0 Å². The fraction of sp³-hybridized carbons (Fsp3) is 0.667. The van der Waals surface area contributed by atoms with Crippen LogP contribution in [-0.4, -0.2) is 21.6 Å². The van der Waals surface area contributed by atoms with E-state index < -0.39 is 5.97 Å². The predicted molar refractivity (Wildman–Crippen MR) is 70.7 cm³/mol. The zero-order chi connectivity index (χ0) is 12.9. The molecule has 1 aromatic rings. The first-order chi connectivity index (χ1) is 7.99. The zero-order valence-corrected chi connectivity index (χ0v) is 11.4. The van der Waals surface area contributed by atoms with E-state index in [0.717, 1.165) is 23.7 Å². The molecule has 1 heterocycles. The number of carboxylic acids is 1. The highest BCUT2D eigenvalue weighted by molar-refractivity contribution is 7.13. The van der Waals surface area contributed by atoms with Crippen molar-refractivity contribution in [2.24, 2.45) is 0 Å². The van der Waals surface area contributed by atoms with E-state index in [1.807, 2.05) is 5.38 Å². The van der Waals surface area contributed by atoms with Gasteiger partial charge in [0.15, 0.2) is 5.13 Å². The molecule has 0 bridgehead atoms. The fourth-order valence-corrected chi connectivity index (χ4v) is 2.29. The molecule has 0 unspecified atom stereocenters. The second-order valence-corrected chi connectivity index (χ2v) is 5.29. The molecule has 0 radical (unpaired) electrons. The Labute approximate surface area is 106 Å². The summed E-state index contributed by atoms with van der Waals surface area (Å²) in [6.07, 6.45) is 2.71. The Hall–Kier alpha value is -1.10. The molecule has 17 heavy (non-hydrogen) atoms. The molecule has 0 aliphatic rings. The molecule has 1 rings (SSSR count). The van der Waals surface area contributed by atoms with Crippen molar-refractivity contribution < 1.29 is 9.90 Å². The quantitative estimate of drug-likeness (QED) is 0.786. The first kappa shape index (κ1) is 14.0. The summed E-state index contributed by atoms with van der Waals surface area (Å²) in [6.45, 7) is 6.47. The molecule has 5 heteroatoms. The summed E-state index contributed by atoms with van der Waals surface area (Å²) in [5.41, 5.74) is 0.927. The minimum absolute atomic E-state index is 0.0714. The number of anilines is 1. The van der Waals surface area contributed by atoms with Crippen molar-refractivity contribution in [3.8, 4) is 0 Å². The van der Waals surface area contributed by atoms with E-state index in [4.69, 9.17) is 5.11 Å². The smallest absolute Gasteiger partial charge is 0.303 e. The van der Waals surface area contributed by atoms with Crippen LogP contribution in [0, 0.1) is 0 Å². The summed E-state index contributed by atoms with van der Waals surface area (Å²) >= 11 is 1.54. The van der Waals surface area contributed by atoms with E-state index in [2.05, 4.69) is 31.1 Å². The Morgan fingerprint density at radius 1 is 1.53 bits per heavy atom. The lowest BCUT2D eigenvalue weighted by molar-refractivity contribution is -0.136. The highest BCUT2D eigenvalue weighted by atomic mass is 32.1. The molecular weight excluding hydrogens is 236 g/mol. The molecule has 0 amide bonds. The molecule has 4 nitrogen and oxygen atoms in total. The largest absolute Gasteiger partial charge is 0.481 e. The monoisotopic (exact) mass is 256 g/mol. The Bertz CT molecular complexity index is 372. The molecule has 0 fully saturated rings. The number of nitrogens with zero attached hydrogens (tertiary/aromatic N) is 1. The molecule has 0 saturated carbocycles. The number of aliphatic carboxylic acids is 1. The summed E-state index contributed by atoms with van der Waals surface area (Å²) in [5.74, 6) is -0.778. The lowest BCUT2D eigenvalue weighted by atomic mass is 9.96. The van der Waals surface area contributed by atoms with E-state index in [-0.39, 0.29) is 12.0 Å². The standard InChI is InChI=1S/C12H20N2O2S/c1-4-12(3,5-2)14-11-13-9(8-17-11)6-7-10(15)16/h8H,4-7H2,1-3H3,(H,13,14)(H,15,16). The van der Waals surface area contributed by atoms with Crippen LogP contribution in [0.15, 0.2) is 5.38 Å². The summed E-state index contributed by atoms with van der Waals surface area (Å²) in [5, 5.41) is 14.8.